The lowest BCUT2D eigenvalue weighted by molar-refractivity contribution is -0.144. The maximum absolute atomic E-state index is 13.0. The van der Waals surface area contributed by atoms with Crippen LogP contribution in [0.25, 0.3) is 5.78 Å². The number of anilines is 1. The molecule has 0 N–H and O–H groups in total. The Bertz CT molecular complexity index is 952. The third-order valence-corrected chi connectivity index (χ3v) is 4.66. The summed E-state index contributed by atoms with van der Waals surface area (Å²) < 4.78 is 42.1. The summed E-state index contributed by atoms with van der Waals surface area (Å²) in [6, 6.07) is 1.75. The lowest BCUT2D eigenvalue weighted by Crippen LogP contribution is -2.46. The van der Waals surface area contributed by atoms with Gasteiger partial charge in [-0.1, -0.05) is 0 Å². The number of rotatable bonds is 3. The van der Waals surface area contributed by atoms with Gasteiger partial charge in [0, 0.05) is 57.4 Å². The molecule has 27 heavy (non-hydrogen) atoms. The second kappa shape index (κ2) is 6.48. The zero-order valence-corrected chi connectivity index (χ0v) is 15.0. The molecule has 0 saturated carbocycles. The largest absolute Gasteiger partial charge is 0.453 e. The van der Waals surface area contributed by atoms with E-state index in [9.17, 15) is 13.2 Å². The topological polar surface area (TPSA) is 67.4 Å². The van der Waals surface area contributed by atoms with Crippen LogP contribution in [0.4, 0.5) is 19.0 Å². The molecule has 1 aliphatic heterocycles. The third kappa shape index (κ3) is 3.46. The van der Waals surface area contributed by atoms with Gasteiger partial charge < -0.3 is 9.47 Å². The highest BCUT2D eigenvalue weighted by molar-refractivity contribution is 5.48. The van der Waals surface area contributed by atoms with E-state index in [2.05, 4.69) is 25.0 Å². The van der Waals surface area contributed by atoms with E-state index in [1.807, 2.05) is 22.7 Å². The first kappa shape index (κ1) is 17.7. The van der Waals surface area contributed by atoms with Crippen molar-refractivity contribution >= 4 is 11.6 Å². The third-order valence-electron chi connectivity index (χ3n) is 4.66. The highest BCUT2D eigenvalue weighted by Crippen LogP contribution is 2.28. The van der Waals surface area contributed by atoms with Gasteiger partial charge in [0.05, 0.1) is 6.54 Å². The number of alkyl halides is 3. The Kier molecular flexibility index (Phi) is 4.25. The second-order valence-electron chi connectivity index (χ2n) is 6.62. The number of halogens is 3. The quantitative estimate of drug-likeness (QED) is 0.686. The van der Waals surface area contributed by atoms with Crippen molar-refractivity contribution in [2.75, 3.05) is 31.1 Å². The van der Waals surface area contributed by atoms with Crippen molar-refractivity contribution in [3.05, 3.63) is 35.8 Å². The number of piperazine rings is 1. The summed E-state index contributed by atoms with van der Waals surface area (Å²) in [4.78, 5) is 16.2. The molecule has 0 aromatic carbocycles. The summed E-state index contributed by atoms with van der Waals surface area (Å²) in [5.41, 5.74) is 0.606. The minimum Gasteiger partial charge on any atom is -0.354 e. The van der Waals surface area contributed by atoms with Crippen molar-refractivity contribution in [3.63, 3.8) is 0 Å². The molecule has 0 aliphatic carbocycles. The highest BCUT2D eigenvalue weighted by Gasteiger charge is 2.37. The number of aryl methyl sites for hydroxylation is 2. The number of fused-ring (bicyclic) bond motifs is 1. The minimum atomic E-state index is -4.60. The van der Waals surface area contributed by atoms with E-state index in [-0.39, 0.29) is 5.78 Å². The standard InChI is InChI=1S/C16H19F3N8/c1-11-9-13(27-15(21-11)22-14(23-27)16(17,18)19)26-7-5-25(6-8-26)10-12-20-3-4-24(12)2/h3-4,9H,5-8,10H2,1-2H3. The molecule has 144 valence electrons. The average molecular weight is 380 g/mol. The smallest absolute Gasteiger partial charge is 0.354 e. The molecule has 0 atom stereocenters. The van der Waals surface area contributed by atoms with E-state index in [1.165, 1.54) is 4.52 Å². The van der Waals surface area contributed by atoms with Crippen molar-refractivity contribution in [2.45, 2.75) is 19.6 Å². The number of aromatic nitrogens is 6. The molecular weight excluding hydrogens is 361 g/mol. The molecule has 1 fully saturated rings. The van der Waals surface area contributed by atoms with Crippen LogP contribution in [0.15, 0.2) is 18.5 Å². The first-order chi connectivity index (χ1) is 12.8. The van der Waals surface area contributed by atoms with Crippen molar-refractivity contribution in [3.8, 4) is 0 Å². The second-order valence-corrected chi connectivity index (χ2v) is 6.62. The van der Waals surface area contributed by atoms with Gasteiger partial charge in [-0.3, -0.25) is 4.90 Å². The van der Waals surface area contributed by atoms with Gasteiger partial charge in [-0.05, 0) is 6.92 Å². The van der Waals surface area contributed by atoms with E-state index in [0.717, 1.165) is 25.5 Å². The van der Waals surface area contributed by atoms with Gasteiger partial charge in [-0.2, -0.15) is 22.7 Å². The Morgan fingerprint density at radius 3 is 2.48 bits per heavy atom. The Labute approximate surface area is 153 Å². The van der Waals surface area contributed by atoms with Gasteiger partial charge in [0.15, 0.2) is 0 Å². The van der Waals surface area contributed by atoms with Crippen LogP contribution in [0.1, 0.15) is 17.3 Å². The fraction of sp³-hybridized carbons (Fsp3) is 0.500. The molecule has 1 aliphatic rings. The van der Waals surface area contributed by atoms with Gasteiger partial charge in [0.25, 0.3) is 11.6 Å². The van der Waals surface area contributed by atoms with Crippen LogP contribution in [0.3, 0.4) is 0 Å². The van der Waals surface area contributed by atoms with Crippen LogP contribution in [0, 0.1) is 6.92 Å². The molecule has 0 bridgehead atoms. The highest BCUT2D eigenvalue weighted by atomic mass is 19.4. The molecule has 11 heteroatoms. The Balaban J connectivity index is 1.55. The molecule has 0 amide bonds. The van der Waals surface area contributed by atoms with Crippen LogP contribution >= 0.6 is 0 Å². The van der Waals surface area contributed by atoms with Crippen LogP contribution in [-0.2, 0) is 19.8 Å². The molecule has 8 nitrogen and oxygen atoms in total. The number of hydrogen-bond donors (Lipinski definition) is 0. The predicted molar refractivity (Wildman–Crippen MR) is 91.2 cm³/mol. The van der Waals surface area contributed by atoms with E-state index in [4.69, 9.17) is 0 Å². The zero-order chi connectivity index (χ0) is 19.2. The maximum atomic E-state index is 13.0. The summed E-state index contributed by atoms with van der Waals surface area (Å²) >= 11 is 0. The van der Waals surface area contributed by atoms with E-state index in [0.29, 0.717) is 24.6 Å². The van der Waals surface area contributed by atoms with Crippen molar-refractivity contribution in [2.24, 2.45) is 7.05 Å². The Morgan fingerprint density at radius 2 is 1.85 bits per heavy atom. The summed E-state index contributed by atoms with van der Waals surface area (Å²) in [6.45, 7) is 5.37. The minimum absolute atomic E-state index is 0.0345. The number of imidazole rings is 1. The summed E-state index contributed by atoms with van der Waals surface area (Å²) in [6.07, 6.45) is -0.921. The molecule has 4 heterocycles. The van der Waals surface area contributed by atoms with Crippen LogP contribution in [0.5, 0.6) is 0 Å². The fourth-order valence-electron chi connectivity index (χ4n) is 3.20. The number of hydrogen-bond acceptors (Lipinski definition) is 6. The Morgan fingerprint density at radius 1 is 1.11 bits per heavy atom. The molecule has 0 spiro atoms. The molecule has 1 saturated heterocycles. The van der Waals surface area contributed by atoms with Crippen LogP contribution in [-0.4, -0.2) is 60.2 Å². The molecule has 4 rings (SSSR count). The van der Waals surface area contributed by atoms with Crippen LogP contribution in [0.2, 0.25) is 0 Å². The SMILES string of the molecule is Cc1cc(N2CCN(Cc3nccn3C)CC2)n2nc(C(F)(F)F)nc2n1. The summed E-state index contributed by atoms with van der Waals surface area (Å²) in [7, 11) is 1.96. The van der Waals surface area contributed by atoms with Crippen LogP contribution < -0.4 is 4.90 Å². The molecule has 0 unspecified atom stereocenters. The zero-order valence-electron chi connectivity index (χ0n) is 15.0. The van der Waals surface area contributed by atoms with E-state index in [1.54, 1.807) is 19.2 Å². The maximum Gasteiger partial charge on any atom is 0.453 e. The van der Waals surface area contributed by atoms with Crippen molar-refractivity contribution in [1.29, 1.82) is 0 Å². The average Bonchev–Trinajstić information content (AvgIpc) is 3.21. The number of nitrogens with zero attached hydrogens (tertiary/aromatic N) is 8. The molecular formula is C16H19F3N8. The Hall–Kier alpha value is -2.69. The summed E-state index contributed by atoms with van der Waals surface area (Å²) in [5, 5.41) is 3.64. The van der Waals surface area contributed by atoms with Gasteiger partial charge >= 0.3 is 6.18 Å². The van der Waals surface area contributed by atoms with E-state index >= 15 is 0 Å². The monoisotopic (exact) mass is 380 g/mol. The molecule has 3 aromatic rings. The fourth-order valence-corrected chi connectivity index (χ4v) is 3.20. The first-order valence-electron chi connectivity index (χ1n) is 8.56. The van der Waals surface area contributed by atoms with Gasteiger partial charge in [-0.15, -0.1) is 5.10 Å². The van der Waals surface area contributed by atoms with Gasteiger partial charge in [0.1, 0.15) is 11.6 Å². The van der Waals surface area contributed by atoms with Crippen molar-refractivity contribution in [1.82, 2.24) is 34.0 Å². The van der Waals surface area contributed by atoms with Gasteiger partial charge in [0.2, 0.25) is 0 Å². The summed E-state index contributed by atoms with van der Waals surface area (Å²) in [5.74, 6) is 0.358. The molecule has 3 aromatic heterocycles. The molecule has 0 radical (unpaired) electrons. The lowest BCUT2D eigenvalue weighted by atomic mass is 10.3. The van der Waals surface area contributed by atoms with Crippen molar-refractivity contribution < 1.29 is 13.2 Å². The van der Waals surface area contributed by atoms with Gasteiger partial charge in [-0.25, -0.2) is 9.97 Å². The van der Waals surface area contributed by atoms with E-state index < -0.39 is 12.0 Å². The lowest BCUT2D eigenvalue weighted by Gasteiger charge is -2.35. The first-order valence-corrected chi connectivity index (χ1v) is 8.56. The normalized spacial score (nSPS) is 16.4. The predicted octanol–water partition coefficient (Wildman–Crippen LogP) is 1.51.